The van der Waals surface area contributed by atoms with Gasteiger partial charge in [-0.3, -0.25) is 9.59 Å². The zero-order chi connectivity index (χ0) is 53.6. The molecular weight excluding hydrogens is 911 g/mol. The Morgan fingerprint density at radius 2 is 0.635 bits per heavy atom. The third kappa shape index (κ3) is 59.6. The first-order chi connectivity index (χ1) is 36.5. The molecule has 2 atom stereocenters. The van der Waals surface area contributed by atoms with Gasteiger partial charge in [0.1, 0.15) is 0 Å². The number of carbonyl (C=O) groups excluding carboxylic acids is 2. The molecule has 0 spiro atoms. The zero-order valence-electron chi connectivity index (χ0n) is 50.1. The van der Waals surface area contributed by atoms with Gasteiger partial charge in [-0.1, -0.05) is 327 Å². The van der Waals surface area contributed by atoms with Crippen molar-refractivity contribution in [3.8, 4) is 0 Å². The van der Waals surface area contributed by atoms with Gasteiger partial charge >= 0.3 is 5.97 Å². The van der Waals surface area contributed by atoms with Gasteiger partial charge in [0, 0.05) is 12.8 Å². The molecule has 1 amide bonds. The van der Waals surface area contributed by atoms with E-state index in [1.807, 2.05) is 6.08 Å². The van der Waals surface area contributed by atoms with Crippen LogP contribution in [0.5, 0.6) is 0 Å². The molecule has 3 N–H and O–H groups in total. The number of carbonyl (C=O) groups is 2. The summed E-state index contributed by atoms with van der Waals surface area (Å²) in [5.74, 6) is -0.0468. The third-order valence-corrected chi connectivity index (χ3v) is 15.7. The second-order valence-electron chi connectivity index (χ2n) is 23.2. The SMILES string of the molecule is CCCCCCCCCCCCCCC/C=C/C(O)C(CO)NC(=O)CCCCCCCCCCCCCCC/C=C\CCCCCCCCCCCCCCOC(=O)CCCCCCCCCCCCCCC. The standard InChI is InChI=1S/C68H131NO5/c1-3-5-7-9-11-13-15-17-33-37-40-44-48-52-56-60-66(71)65(64-70)69-67(72)61-57-53-49-45-41-38-34-31-29-27-25-23-21-19-18-20-22-24-26-28-30-32-35-39-43-47-51-55-59-63-74-68(73)62-58-54-50-46-42-36-16-14-12-10-8-6-4-2/h18,20,56,60,65-66,70-71H,3-17,19,21-55,57-59,61-64H2,1-2H3,(H,69,72)/b20-18-,60-56+. The molecule has 0 aliphatic carbocycles. The summed E-state index contributed by atoms with van der Waals surface area (Å²) in [5.41, 5.74) is 0. The van der Waals surface area contributed by atoms with Crippen molar-refractivity contribution in [2.75, 3.05) is 13.2 Å². The van der Waals surface area contributed by atoms with Crippen molar-refractivity contribution in [3.63, 3.8) is 0 Å². The maximum atomic E-state index is 12.5. The molecule has 6 nitrogen and oxygen atoms in total. The van der Waals surface area contributed by atoms with Crippen molar-refractivity contribution >= 4 is 11.9 Å². The van der Waals surface area contributed by atoms with Crippen LogP contribution in [0.25, 0.3) is 0 Å². The van der Waals surface area contributed by atoms with Gasteiger partial charge in [-0.05, 0) is 57.8 Å². The Hall–Kier alpha value is -1.66. The minimum atomic E-state index is -0.843. The maximum absolute atomic E-state index is 12.5. The normalized spacial score (nSPS) is 12.6. The summed E-state index contributed by atoms with van der Waals surface area (Å²) in [6.45, 7) is 4.93. The number of aliphatic hydroxyl groups excluding tert-OH is 2. The minimum absolute atomic E-state index is 0.0181. The second kappa shape index (κ2) is 63.9. The summed E-state index contributed by atoms with van der Waals surface area (Å²) in [7, 11) is 0. The van der Waals surface area contributed by atoms with Gasteiger partial charge < -0.3 is 20.3 Å². The number of hydrogen-bond donors (Lipinski definition) is 3. The molecule has 0 aromatic carbocycles. The molecule has 0 saturated heterocycles. The predicted octanol–water partition coefficient (Wildman–Crippen LogP) is 21.4. The molecule has 0 heterocycles. The van der Waals surface area contributed by atoms with Crippen LogP contribution >= 0.6 is 0 Å². The van der Waals surface area contributed by atoms with Crippen LogP contribution in [0.1, 0.15) is 373 Å². The molecule has 6 heteroatoms. The molecule has 0 aliphatic heterocycles. The predicted molar refractivity (Wildman–Crippen MR) is 324 cm³/mol. The Bertz CT molecular complexity index is 1150. The molecule has 2 unspecified atom stereocenters. The average Bonchev–Trinajstić information content (AvgIpc) is 3.40. The van der Waals surface area contributed by atoms with E-state index in [1.165, 1.54) is 308 Å². The van der Waals surface area contributed by atoms with Gasteiger partial charge in [0.05, 0.1) is 25.4 Å². The fraction of sp³-hybridized carbons (Fsp3) is 0.912. The minimum Gasteiger partial charge on any atom is -0.466 e. The number of esters is 1. The van der Waals surface area contributed by atoms with Gasteiger partial charge in [0.25, 0.3) is 0 Å². The van der Waals surface area contributed by atoms with E-state index in [9.17, 15) is 19.8 Å². The molecule has 438 valence electrons. The second-order valence-corrected chi connectivity index (χ2v) is 23.2. The van der Waals surface area contributed by atoms with Crippen LogP contribution in [-0.2, 0) is 14.3 Å². The number of ether oxygens (including phenoxy) is 1. The third-order valence-electron chi connectivity index (χ3n) is 15.7. The highest BCUT2D eigenvalue weighted by molar-refractivity contribution is 5.76. The monoisotopic (exact) mass is 1040 g/mol. The Balaban J connectivity index is 3.38. The number of rotatable bonds is 63. The largest absolute Gasteiger partial charge is 0.466 e. The molecule has 0 aromatic heterocycles. The molecular formula is C68H131NO5. The van der Waals surface area contributed by atoms with Crippen LogP contribution in [0.15, 0.2) is 24.3 Å². The van der Waals surface area contributed by atoms with E-state index in [-0.39, 0.29) is 18.5 Å². The van der Waals surface area contributed by atoms with E-state index in [2.05, 4.69) is 31.3 Å². The lowest BCUT2D eigenvalue weighted by atomic mass is 10.0. The number of nitrogens with one attached hydrogen (secondary N) is 1. The highest BCUT2D eigenvalue weighted by Gasteiger charge is 2.18. The Kier molecular flexibility index (Phi) is 62.4. The van der Waals surface area contributed by atoms with E-state index < -0.39 is 12.1 Å². The van der Waals surface area contributed by atoms with Gasteiger partial charge in [-0.25, -0.2) is 0 Å². The lowest BCUT2D eigenvalue weighted by Crippen LogP contribution is -2.45. The van der Waals surface area contributed by atoms with Crippen molar-refractivity contribution in [1.82, 2.24) is 5.32 Å². The summed E-state index contributed by atoms with van der Waals surface area (Å²) in [5, 5.41) is 23.1. The van der Waals surface area contributed by atoms with E-state index in [0.717, 1.165) is 38.5 Å². The topological polar surface area (TPSA) is 95.9 Å². The van der Waals surface area contributed by atoms with E-state index in [1.54, 1.807) is 6.08 Å². The van der Waals surface area contributed by atoms with Crippen LogP contribution < -0.4 is 5.32 Å². The molecule has 0 aliphatic rings. The molecule has 0 bridgehead atoms. The van der Waals surface area contributed by atoms with Crippen molar-refractivity contribution in [2.45, 2.75) is 386 Å². The molecule has 0 aromatic rings. The zero-order valence-corrected chi connectivity index (χ0v) is 50.1. The van der Waals surface area contributed by atoms with Crippen LogP contribution in [0.4, 0.5) is 0 Å². The van der Waals surface area contributed by atoms with Crippen LogP contribution in [0.3, 0.4) is 0 Å². The summed E-state index contributed by atoms with van der Waals surface area (Å²) in [6.07, 6.45) is 79.6. The highest BCUT2D eigenvalue weighted by atomic mass is 16.5. The van der Waals surface area contributed by atoms with Crippen molar-refractivity contribution in [3.05, 3.63) is 24.3 Å². The van der Waals surface area contributed by atoms with Crippen LogP contribution in [0, 0.1) is 0 Å². The first kappa shape index (κ1) is 72.3. The van der Waals surface area contributed by atoms with Crippen molar-refractivity contribution < 1.29 is 24.5 Å². The van der Waals surface area contributed by atoms with Gasteiger partial charge in [-0.2, -0.15) is 0 Å². The summed E-state index contributed by atoms with van der Waals surface area (Å²) in [6, 6.07) is -0.627. The number of amides is 1. The highest BCUT2D eigenvalue weighted by Crippen LogP contribution is 2.18. The Morgan fingerprint density at radius 1 is 0.365 bits per heavy atom. The Morgan fingerprint density at radius 3 is 0.959 bits per heavy atom. The van der Waals surface area contributed by atoms with E-state index in [0.29, 0.717) is 19.4 Å². The van der Waals surface area contributed by atoms with Crippen LogP contribution in [0.2, 0.25) is 0 Å². The van der Waals surface area contributed by atoms with E-state index >= 15 is 0 Å². The first-order valence-electron chi connectivity index (χ1n) is 33.6. The van der Waals surface area contributed by atoms with E-state index in [4.69, 9.17) is 4.74 Å². The van der Waals surface area contributed by atoms with Gasteiger partial charge in [0.2, 0.25) is 5.91 Å². The number of unbranched alkanes of at least 4 members (excludes halogenated alkanes) is 50. The number of hydrogen-bond acceptors (Lipinski definition) is 5. The smallest absolute Gasteiger partial charge is 0.305 e. The van der Waals surface area contributed by atoms with Crippen molar-refractivity contribution in [2.24, 2.45) is 0 Å². The fourth-order valence-electron chi connectivity index (χ4n) is 10.6. The molecule has 0 radical (unpaired) electrons. The number of aliphatic hydroxyl groups is 2. The molecule has 0 fully saturated rings. The first-order valence-corrected chi connectivity index (χ1v) is 33.6. The van der Waals surface area contributed by atoms with Crippen molar-refractivity contribution in [1.29, 1.82) is 0 Å². The lowest BCUT2D eigenvalue weighted by molar-refractivity contribution is -0.143. The maximum Gasteiger partial charge on any atom is 0.305 e. The Labute approximate surface area is 462 Å². The summed E-state index contributed by atoms with van der Waals surface area (Å²) >= 11 is 0. The summed E-state index contributed by atoms with van der Waals surface area (Å²) < 4.78 is 5.49. The average molecular weight is 1040 g/mol. The van der Waals surface area contributed by atoms with Crippen LogP contribution in [-0.4, -0.2) is 47.4 Å². The lowest BCUT2D eigenvalue weighted by Gasteiger charge is -2.20. The molecule has 0 rings (SSSR count). The molecule has 74 heavy (non-hydrogen) atoms. The number of allylic oxidation sites excluding steroid dienone is 3. The quantitative estimate of drug-likeness (QED) is 0.0320. The van der Waals surface area contributed by atoms with Gasteiger partial charge in [-0.15, -0.1) is 0 Å². The molecule has 0 saturated carbocycles. The fourth-order valence-corrected chi connectivity index (χ4v) is 10.6. The summed E-state index contributed by atoms with van der Waals surface area (Å²) in [4.78, 5) is 24.5. The van der Waals surface area contributed by atoms with Gasteiger partial charge in [0.15, 0.2) is 0 Å².